The Morgan fingerprint density at radius 1 is 0.408 bits per heavy atom. The smallest absolute Gasteiger partial charge is 0.309 e. The van der Waals surface area contributed by atoms with Gasteiger partial charge in [0, 0.05) is 31.8 Å². The molecule has 0 fully saturated rings. The van der Waals surface area contributed by atoms with Crippen molar-refractivity contribution < 1.29 is 39.9 Å². The second-order valence-corrected chi connectivity index (χ2v) is 16.9. The number of halogens is 7. The van der Waals surface area contributed by atoms with Crippen molar-refractivity contribution in [2.45, 2.75) is 13.1 Å². The lowest BCUT2D eigenvalue weighted by atomic mass is 9.96. The average Bonchev–Trinajstić information content (AvgIpc) is 3.08. The van der Waals surface area contributed by atoms with E-state index in [1.165, 1.54) is 78.9 Å². The van der Waals surface area contributed by atoms with Crippen LogP contribution in [0.4, 0.5) is 30.7 Å². The Morgan fingerprint density at radius 3 is 1.00 bits per heavy atom. The van der Waals surface area contributed by atoms with E-state index in [4.69, 9.17) is 0 Å². The van der Waals surface area contributed by atoms with Gasteiger partial charge in [0.15, 0.2) is 14.3 Å². The molecule has 0 spiro atoms. The average molecular weight is 709 g/mol. The molecule has 0 unspecified atom stereocenters. The van der Waals surface area contributed by atoms with E-state index in [2.05, 4.69) is 0 Å². The first-order chi connectivity index (χ1) is 23.2. The zero-order chi connectivity index (χ0) is 35.1. The second kappa shape index (κ2) is 13.0. The molecule has 0 amide bonds. The lowest BCUT2D eigenvalue weighted by molar-refractivity contribution is -0.137. The van der Waals surface area contributed by atoms with Crippen LogP contribution in [0.2, 0.25) is 0 Å². The van der Waals surface area contributed by atoms with Crippen LogP contribution in [0.25, 0.3) is 11.1 Å². The summed E-state index contributed by atoms with van der Waals surface area (Å²) in [5.41, 5.74) is -0.889. The Kier molecular flexibility index (Phi) is 9.04. The normalized spacial score (nSPS) is 12.2. The highest BCUT2D eigenvalue weighted by atomic mass is 31.2. The van der Waals surface area contributed by atoms with Gasteiger partial charge in [0.25, 0.3) is 0 Å². The van der Waals surface area contributed by atoms with E-state index < -0.39 is 49.3 Å². The van der Waals surface area contributed by atoms with Crippen LogP contribution < -0.4 is 31.8 Å². The Morgan fingerprint density at radius 2 is 0.694 bits per heavy atom. The lowest BCUT2D eigenvalue weighted by Crippen LogP contribution is -2.27. The standard InChI is InChI=1S/C38H25F7O2P2/c1-24-22-33(48(46,29-10-2-25(39)3-11-29)30-12-4-26(40)5-13-30)18-20-35(24)36-21-19-34(23-37(36)38(43,44)45)49(47,31-14-6-27(41)7-15-31)32-16-8-28(42)9-17-32/h2-23H,1H3. The van der Waals surface area contributed by atoms with Crippen molar-refractivity contribution in [2.75, 3.05) is 0 Å². The Bertz CT molecular complexity index is 2150. The molecular formula is C38H25F7O2P2. The molecule has 0 N–H and O–H groups in total. The minimum atomic E-state index is -4.93. The summed E-state index contributed by atoms with van der Waals surface area (Å²) in [5.74, 6) is -2.40. The minimum Gasteiger partial charge on any atom is -0.309 e. The van der Waals surface area contributed by atoms with E-state index in [1.807, 2.05) is 0 Å². The Labute approximate surface area is 277 Å². The molecule has 0 aliphatic carbocycles. The summed E-state index contributed by atoms with van der Waals surface area (Å²) in [6.45, 7) is 1.55. The van der Waals surface area contributed by atoms with Crippen LogP contribution in [-0.4, -0.2) is 0 Å². The monoisotopic (exact) mass is 708 g/mol. The quantitative estimate of drug-likeness (QED) is 0.123. The van der Waals surface area contributed by atoms with Crippen molar-refractivity contribution in [1.29, 1.82) is 0 Å². The summed E-state index contributed by atoms with van der Waals surface area (Å²) in [4.78, 5) is 0. The van der Waals surface area contributed by atoms with Crippen LogP contribution in [0.5, 0.6) is 0 Å². The SMILES string of the molecule is Cc1cc(P(=O)(c2ccc(F)cc2)c2ccc(F)cc2)ccc1-c1ccc(P(=O)(c2ccc(F)cc2)c2ccc(F)cc2)cc1C(F)(F)F. The molecule has 2 nitrogen and oxygen atoms in total. The van der Waals surface area contributed by atoms with Crippen LogP contribution in [0, 0.1) is 30.2 Å². The molecule has 6 aromatic rings. The third kappa shape index (κ3) is 6.41. The van der Waals surface area contributed by atoms with Crippen LogP contribution in [-0.2, 0) is 15.3 Å². The van der Waals surface area contributed by atoms with Crippen LogP contribution in [0.1, 0.15) is 11.1 Å². The fraction of sp³-hybridized carbons (Fsp3) is 0.0526. The molecule has 0 heterocycles. The second-order valence-electron chi connectivity index (χ2n) is 11.4. The summed E-state index contributed by atoms with van der Waals surface area (Å²) in [5, 5.41) is 0.622. The molecule has 6 rings (SSSR count). The molecule has 0 aromatic heterocycles. The van der Waals surface area contributed by atoms with Gasteiger partial charge < -0.3 is 9.13 Å². The molecule has 0 saturated heterocycles. The largest absolute Gasteiger partial charge is 0.417 e. The zero-order valence-corrected chi connectivity index (χ0v) is 27.3. The summed E-state index contributed by atoms with van der Waals surface area (Å²) >= 11 is 0. The maximum absolute atomic E-state index is 14.8. The fourth-order valence-corrected chi connectivity index (χ4v) is 11.2. The number of benzene rings is 6. The summed E-state index contributed by atoms with van der Waals surface area (Å²) < 4.78 is 129. The van der Waals surface area contributed by atoms with Gasteiger partial charge in [0.05, 0.1) is 5.56 Å². The number of rotatable bonds is 7. The molecule has 0 bridgehead atoms. The van der Waals surface area contributed by atoms with Crippen molar-refractivity contribution in [2.24, 2.45) is 0 Å². The molecular weight excluding hydrogens is 683 g/mol. The van der Waals surface area contributed by atoms with Crippen molar-refractivity contribution in [3.63, 3.8) is 0 Å². The van der Waals surface area contributed by atoms with E-state index in [9.17, 15) is 39.9 Å². The predicted molar refractivity (Wildman–Crippen MR) is 180 cm³/mol. The molecule has 0 radical (unpaired) electrons. The van der Waals surface area contributed by atoms with E-state index in [0.717, 1.165) is 54.6 Å². The first-order valence-electron chi connectivity index (χ1n) is 14.8. The van der Waals surface area contributed by atoms with Crippen LogP contribution in [0.15, 0.2) is 133 Å². The van der Waals surface area contributed by atoms with E-state index in [1.54, 1.807) is 6.92 Å². The summed E-state index contributed by atoms with van der Waals surface area (Å²) in [6, 6.07) is 26.6. The first kappa shape index (κ1) is 34.2. The topological polar surface area (TPSA) is 34.1 Å². The zero-order valence-electron chi connectivity index (χ0n) is 25.6. The molecule has 6 aromatic carbocycles. The third-order valence-corrected chi connectivity index (χ3v) is 14.4. The van der Waals surface area contributed by atoms with E-state index in [0.29, 0.717) is 5.56 Å². The molecule has 49 heavy (non-hydrogen) atoms. The van der Waals surface area contributed by atoms with Gasteiger partial charge in [0.1, 0.15) is 23.3 Å². The van der Waals surface area contributed by atoms with E-state index >= 15 is 0 Å². The molecule has 0 aliphatic heterocycles. The molecule has 0 aliphatic rings. The summed E-state index contributed by atoms with van der Waals surface area (Å²) in [7, 11) is -7.81. The molecule has 0 atom stereocenters. The third-order valence-electron chi connectivity index (χ3n) is 8.30. The van der Waals surface area contributed by atoms with Crippen molar-refractivity contribution in [3.8, 4) is 11.1 Å². The maximum Gasteiger partial charge on any atom is 0.417 e. The van der Waals surface area contributed by atoms with Gasteiger partial charge in [-0.05, 0) is 133 Å². The van der Waals surface area contributed by atoms with Gasteiger partial charge in [-0.25, -0.2) is 17.6 Å². The minimum absolute atomic E-state index is 0.0549. The highest BCUT2D eigenvalue weighted by Crippen LogP contribution is 2.47. The van der Waals surface area contributed by atoms with Gasteiger partial charge in [-0.2, -0.15) is 13.2 Å². The Balaban J connectivity index is 1.52. The molecule has 0 saturated carbocycles. The van der Waals surface area contributed by atoms with Crippen molar-refractivity contribution >= 4 is 46.1 Å². The van der Waals surface area contributed by atoms with Gasteiger partial charge in [0.2, 0.25) is 0 Å². The number of alkyl halides is 3. The Hall–Kier alpha value is -4.71. The highest BCUT2D eigenvalue weighted by molar-refractivity contribution is 7.85. The molecule has 248 valence electrons. The first-order valence-corrected chi connectivity index (χ1v) is 18.2. The van der Waals surface area contributed by atoms with E-state index in [-0.39, 0.29) is 43.0 Å². The molecule has 11 heteroatoms. The van der Waals surface area contributed by atoms with Gasteiger partial charge >= 0.3 is 6.18 Å². The van der Waals surface area contributed by atoms with Gasteiger partial charge in [-0.1, -0.05) is 24.3 Å². The number of aryl methyl sites for hydroxylation is 1. The van der Waals surface area contributed by atoms with Gasteiger partial charge in [-0.3, -0.25) is 0 Å². The lowest BCUT2D eigenvalue weighted by Gasteiger charge is -2.24. The van der Waals surface area contributed by atoms with Crippen molar-refractivity contribution in [1.82, 2.24) is 0 Å². The van der Waals surface area contributed by atoms with Crippen LogP contribution >= 0.6 is 14.3 Å². The number of hydrogen-bond acceptors (Lipinski definition) is 2. The fourth-order valence-electron chi connectivity index (χ4n) is 5.84. The van der Waals surface area contributed by atoms with Crippen LogP contribution in [0.3, 0.4) is 0 Å². The summed E-state index contributed by atoms with van der Waals surface area (Å²) in [6.07, 6.45) is -4.93. The van der Waals surface area contributed by atoms with Crippen molar-refractivity contribution in [3.05, 3.63) is 168 Å². The number of hydrogen-bond donors (Lipinski definition) is 0. The van der Waals surface area contributed by atoms with Gasteiger partial charge in [-0.15, -0.1) is 0 Å². The highest BCUT2D eigenvalue weighted by Gasteiger charge is 2.38. The maximum atomic E-state index is 14.8. The predicted octanol–water partition coefficient (Wildman–Crippen LogP) is 8.52.